The van der Waals surface area contributed by atoms with Gasteiger partial charge in [0, 0.05) is 31.2 Å². The van der Waals surface area contributed by atoms with Crippen LogP contribution in [-0.2, 0) is 4.74 Å². The van der Waals surface area contributed by atoms with E-state index in [1.165, 1.54) is 5.56 Å². The van der Waals surface area contributed by atoms with Gasteiger partial charge in [0.05, 0.1) is 6.61 Å². The predicted molar refractivity (Wildman–Crippen MR) is 67.7 cm³/mol. The third-order valence-corrected chi connectivity index (χ3v) is 2.42. The number of nitrogens with one attached hydrogen (secondary N) is 1. The van der Waals surface area contributed by atoms with E-state index in [1.807, 2.05) is 12.3 Å². The molecule has 1 aromatic rings. The van der Waals surface area contributed by atoms with Crippen LogP contribution < -0.4 is 5.32 Å². The molecule has 1 N–H and O–H groups in total. The molecular weight excluding hydrogens is 200 g/mol. The van der Waals surface area contributed by atoms with E-state index in [-0.39, 0.29) is 0 Å². The van der Waals surface area contributed by atoms with E-state index in [0.29, 0.717) is 0 Å². The van der Waals surface area contributed by atoms with Crippen molar-refractivity contribution in [1.29, 1.82) is 0 Å². The number of hydrogen-bond donors (Lipinski definition) is 1. The van der Waals surface area contributed by atoms with Gasteiger partial charge in [-0.25, -0.2) is 0 Å². The van der Waals surface area contributed by atoms with E-state index in [4.69, 9.17) is 4.74 Å². The first kappa shape index (κ1) is 13.0. The van der Waals surface area contributed by atoms with Crippen molar-refractivity contribution in [1.82, 2.24) is 4.98 Å². The largest absolute Gasteiger partial charge is 0.382 e. The van der Waals surface area contributed by atoms with Gasteiger partial charge >= 0.3 is 0 Å². The lowest BCUT2D eigenvalue weighted by molar-refractivity contribution is 0.132. The molecule has 0 saturated carbocycles. The maximum absolute atomic E-state index is 5.53. The molecule has 0 fully saturated rings. The first-order chi connectivity index (χ1) is 7.70. The van der Waals surface area contributed by atoms with Crippen LogP contribution >= 0.6 is 0 Å². The van der Waals surface area contributed by atoms with Crippen molar-refractivity contribution in [2.75, 3.05) is 25.1 Å². The van der Waals surface area contributed by atoms with Gasteiger partial charge < -0.3 is 10.1 Å². The van der Waals surface area contributed by atoms with E-state index in [2.05, 4.69) is 31.1 Å². The van der Waals surface area contributed by atoms with Gasteiger partial charge in [0.1, 0.15) is 0 Å². The average molecular weight is 222 g/mol. The molecule has 3 nitrogen and oxygen atoms in total. The van der Waals surface area contributed by atoms with Crippen molar-refractivity contribution in [3.63, 3.8) is 0 Å². The minimum Gasteiger partial charge on any atom is -0.382 e. The molecule has 16 heavy (non-hydrogen) atoms. The molecule has 1 aromatic heterocycles. The molecule has 0 radical (unpaired) electrons. The first-order valence-corrected chi connectivity index (χ1v) is 5.92. The van der Waals surface area contributed by atoms with E-state index in [1.54, 1.807) is 6.20 Å². The van der Waals surface area contributed by atoms with Crippen LogP contribution in [0.4, 0.5) is 5.69 Å². The fourth-order valence-electron chi connectivity index (χ4n) is 1.35. The topological polar surface area (TPSA) is 34.2 Å². The Morgan fingerprint density at radius 3 is 2.88 bits per heavy atom. The summed E-state index contributed by atoms with van der Waals surface area (Å²) in [6, 6.07) is 1.99. The lowest BCUT2D eigenvalue weighted by atomic mass is 10.1. The van der Waals surface area contributed by atoms with Gasteiger partial charge in [0.2, 0.25) is 0 Å². The molecule has 0 saturated heterocycles. The smallest absolute Gasteiger partial charge is 0.0639 e. The molecule has 0 atom stereocenters. The lowest BCUT2D eigenvalue weighted by Crippen LogP contribution is -2.11. The van der Waals surface area contributed by atoms with Gasteiger partial charge in [0.25, 0.3) is 0 Å². The fourth-order valence-corrected chi connectivity index (χ4v) is 1.35. The maximum Gasteiger partial charge on any atom is 0.0639 e. The molecule has 0 bridgehead atoms. The monoisotopic (exact) mass is 222 g/mol. The van der Waals surface area contributed by atoms with Gasteiger partial charge in [-0.05, 0) is 30.9 Å². The Morgan fingerprint density at radius 2 is 2.19 bits per heavy atom. The summed E-state index contributed by atoms with van der Waals surface area (Å²) in [6.45, 7) is 8.94. The molecule has 0 spiro atoms. The quantitative estimate of drug-likeness (QED) is 0.720. The van der Waals surface area contributed by atoms with Crippen molar-refractivity contribution in [3.05, 3.63) is 24.0 Å². The molecule has 0 aromatic carbocycles. The standard InChI is InChI=1S/C13H22N2O/c1-11(2)5-8-16-9-7-15-13-4-6-14-10-12(13)3/h4,6,10-11H,5,7-9H2,1-3H3,(H,14,15). The van der Waals surface area contributed by atoms with E-state index in [0.717, 1.165) is 37.8 Å². The number of aryl methyl sites for hydroxylation is 1. The second-order valence-electron chi connectivity index (χ2n) is 4.41. The number of ether oxygens (including phenoxy) is 1. The van der Waals surface area contributed by atoms with Crippen molar-refractivity contribution < 1.29 is 4.74 Å². The Hall–Kier alpha value is -1.09. The number of nitrogens with zero attached hydrogens (tertiary/aromatic N) is 1. The molecular formula is C13H22N2O. The summed E-state index contributed by atoms with van der Waals surface area (Å²) in [6.07, 6.45) is 4.80. The van der Waals surface area contributed by atoms with Gasteiger partial charge in [-0.15, -0.1) is 0 Å². The normalized spacial score (nSPS) is 10.8. The zero-order valence-electron chi connectivity index (χ0n) is 10.5. The Bertz CT molecular complexity index is 300. The summed E-state index contributed by atoms with van der Waals surface area (Å²) in [4.78, 5) is 4.05. The van der Waals surface area contributed by atoms with E-state index < -0.39 is 0 Å². The summed E-state index contributed by atoms with van der Waals surface area (Å²) < 4.78 is 5.53. The van der Waals surface area contributed by atoms with Gasteiger partial charge in [-0.3, -0.25) is 4.98 Å². The summed E-state index contributed by atoms with van der Waals surface area (Å²) >= 11 is 0. The maximum atomic E-state index is 5.53. The highest BCUT2D eigenvalue weighted by molar-refractivity contribution is 5.48. The van der Waals surface area contributed by atoms with Crippen LogP contribution in [-0.4, -0.2) is 24.7 Å². The Labute approximate surface area is 98.2 Å². The lowest BCUT2D eigenvalue weighted by Gasteiger charge is -2.10. The van der Waals surface area contributed by atoms with Crippen molar-refractivity contribution in [3.8, 4) is 0 Å². The summed E-state index contributed by atoms with van der Waals surface area (Å²) in [5.74, 6) is 0.718. The van der Waals surface area contributed by atoms with Crippen LogP contribution in [0, 0.1) is 12.8 Å². The molecule has 0 aliphatic carbocycles. The minimum absolute atomic E-state index is 0.718. The highest BCUT2D eigenvalue weighted by atomic mass is 16.5. The summed E-state index contributed by atoms with van der Waals surface area (Å²) in [5.41, 5.74) is 2.31. The molecule has 90 valence electrons. The molecule has 1 heterocycles. The SMILES string of the molecule is Cc1cnccc1NCCOCCC(C)C. The number of anilines is 1. The summed E-state index contributed by atoms with van der Waals surface area (Å²) in [7, 11) is 0. The molecule has 0 aliphatic heterocycles. The number of pyridine rings is 1. The van der Waals surface area contributed by atoms with Crippen molar-refractivity contribution in [2.45, 2.75) is 27.2 Å². The van der Waals surface area contributed by atoms with Gasteiger partial charge in [-0.1, -0.05) is 13.8 Å². The molecule has 0 unspecified atom stereocenters. The Balaban J connectivity index is 2.10. The molecule has 3 heteroatoms. The van der Waals surface area contributed by atoms with Crippen LogP contribution in [0.25, 0.3) is 0 Å². The number of rotatable bonds is 7. The first-order valence-electron chi connectivity index (χ1n) is 5.92. The van der Waals surface area contributed by atoms with Gasteiger partial charge in [-0.2, -0.15) is 0 Å². The number of hydrogen-bond acceptors (Lipinski definition) is 3. The zero-order valence-corrected chi connectivity index (χ0v) is 10.5. The Kier molecular flexibility index (Phi) is 5.86. The van der Waals surface area contributed by atoms with Crippen LogP contribution in [0.15, 0.2) is 18.5 Å². The Morgan fingerprint density at radius 1 is 1.38 bits per heavy atom. The molecule has 0 aliphatic rings. The van der Waals surface area contributed by atoms with E-state index >= 15 is 0 Å². The minimum atomic E-state index is 0.718. The van der Waals surface area contributed by atoms with Crippen molar-refractivity contribution in [2.24, 2.45) is 5.92 Å². The second kappa shape index (κ2) is 7.23. The third-order valence-electron chi connectivity index (χ3n) is 2.42. The van der Waals surface area contributed by atoms with Gasteiger partial charge in [0.15, 0.2) is 0 Å². The molecule has 1 rings (SSSR count). The molecule has 0 amide bonds. The highest BCUT2D eigenvalue weighted by Crippen LogP contribution is 2.10. The summed E-state index contributed by atoms with van der Waals surface area (Å²) in [5, 5.41) is 3.34. The van der Waals surface area contributed by atoms with Crippen LogP contribution in [0.2, 0.25) is 0 Å². The zero-order chi connectivity index (χ0) is 11.8. The van der Waals surface area contributed by atoms with Crippen LogP contribution in [0.5, 0.6) is 0 Å². The highest BCUT2D eigenvalue weighted by Gasteiger charge is 1.96. The average Bonchev–Trinajstić information content (AvgIpc) is 2.25. The number of aromatic nitrogens is 1. The predicted octanol–water partition coefficient (Wildman–Crippen LogP) is 2.86. The third kappa shape index (κ3) is 5.12. The second-order valence-corrected chi connectivity index (χ2v) is 4.41. The van der Waals surface area contributed by atoms with E-state index in [9.17, 15) is 0 Å². The van der Waals surface area contributed by atoms with Crippen LogP contribution in [0.3, 0.4) is 0 Å². The van der Waals surface area contributed by atoms with Crippen molar-refractivity contribution >= 4 is 5.69 Å². The fraction of sp³-hybridized carbons (Fsp3) is 0.615. The van der Waals surface area contributed by atoms with Crippen LogP contribution in [0.1, 0.15) is 25.8 Å².